The number of nitrogens with one attached hydrogen (secondary N) is 4. The molecule has 1 aliphatic heterocycles. The lowest BCUT2D eigenvalue weighted by Crippen LogP contribution is -2.43. The van der Waals surface area contributed by atoms with Gasteiger partial charge in [0.05, 0.1) is 22.4 Å². The molecule has 5 amide bonds. The zero-order valence-corrected chi connectivity index (χ0v) is 27.3. The van der Waals surface area contributed by atoms with Gasteiger partial charge in [0.25, 0.3) is 5.91 Å². The van der Waals surface area contributed by atoms with Gasteiger partial charge in [-0.25, -0.2) is 14.6 Å². The third kappa shape index (κ3) is 7.14. The van der Waals surface area contributed by atoms with Gasteiger partial charge in [-0.2, -0.15) is 0 Å². The minimum absolute atomic E-state index is 0.150. The van der Waals surface area contributed by atoms with Gasteiger partial charge < -0.3 is 30.7 Å². The van der Waals surface area contributed by atoms with Crippen LogP contribution in [-0.2, 0) is 9.53 Å². The number of aryl methyl sites for hydroxylation is 1. The summed E-state index contributed by atoms with van der Waals surface area (Å²) in [5, 5.41) is 12.1. The smallest absolute Gasteiger partial charge is 0.408 e. The standard InChI is InChI=1S/C34H36N6O6S/c1-19-16-23(45-22-8-6-5-7-9-22)12-13-24(19)40-25-14-15-35-31-27(25)28(39-32(40)43)29(47-31)30(42)38-21-11-10-20(17-21)37-26(41)18-36-33(44)46-34(2,3)4/h5-9,12-16,20-21H,10-11,17-18H2,1-4H3,(H,36,44)(H,37,41)(H,38,42)(H,39,43)/t20-,21+/m1/s1. The molecule has 3 heterocycles. The van der Waals surface area contributed by atoms with Crippen LogP contribution in [0.2, 0.25) is 0 Å². The summed E-state index contributed by atoms with van der Waals surface area (Å²) in [4.78, 5) is 58.5. The molecular formula is C34H36N6O6S. The molecule has 0 unspecified atom stereocenters. The predicted molar refractivity (Wildman–Crippen MR) is 180 cm³/mol. The SMILES string of the molecule is Cc1cc(Oc2ccccc2)ccc1N1C(=O)Nc2c(C(=O)N[C@H]3CC[C@@H](NC(=O)CNC(=O)OC(C)(C)C)C3)sc3nccc1c23. The molecule has 47 heavy (non-hydrogen) atoms. The first kappa shape index (κ1) is 31.8. The molecule has 0 radical (unpaired) electrons. The summed E-state index contributed by atoms with van der Waals surface area (Å²) in [6.45, 7) is 6.95. The second kappa shape index (κ2) is 12.9. The normalized spacial score (nSPS) is 17.2. The monoisotopic (exact) mass is 656 g/mol. The molecule has 4 N–H and O–H groups in total. The summed E-state index contributed by atoms with van der Waals surface area (Å²) in [6.07, 6.45) is 2.86. The van der Waals surface area contributed by atoms with Crippen LogP contribution in [0.3, 0.4) is 0 Å². The first-order valence-electron chi connectivity index (χ1n) is 15.4. The number of hydrogen-bond acceptors (Lipinski definition) is 8. The van der Waals surface area contributed by atoms with E-state index < -0.39 is 11.7 Å². The van der Waals surface area contributed by atoms with E-state index in [1.165, 1.54) is 11.3 Å². The van der Waals surface area contributed by atoms with Gasteiger partial charge in [0, 0.05) is 18.3 Å². The minimum atomic E-state index is -0.661. The first-order valence-corrected chi connectivity index (χ1v) is 16.2. The van der Waals surface area contributed by atoms with E-state index in [0.717, 1.165) is 5.56 Å². The molecule has 6 rings (SSSR count). The summed E-state index contributed by atoms with van der Waals surface area (Å²) >= 11 is 1.22. The fourth-order valence-corrected chi connectivity index (χ4v) is 6.81. The van der Waals surface area contributed by atoms with Crippen LogP contribution in [-0.4, -0.2) is 53.2 Å². The number of amides is 5. The van der Waals surface area contributed by atoms with Gasteiger partial charge in [-0.1, -0.05) is 18.2 Å². The number of rotatable bonds is 8. The van der Waals surface area contributed by atoms with Crippen molar-refractivity contribution in [1.82, 2.24) is 20.9 Å². The maximum Gasteiger partial charge on any atom is 0.408 e. The number of alkyl carbamates (subject to hydrolysis) is 1. The van der Waals surface area contributed by atoms with E-state index in [0.29, 0.717) is 62.9 Å². The molecule has 2 aliphatic rings. The molecule has 1 aliphatic carbocycles. The number of aromatic nitrogens is 1. The van der Waals surface area contributed by atoms with Crippen LogP contribution in [0, 0.1) is 6.92 Å². The van der Waals surface area contributed by atoms with Gasteiger partial charge in [0.2, 0.25) is 5.91 Å². The Bertz CT molecular complexity index is 1850. The molecular weight excluding hydrogens is 620 g/mol. The van der Waals surface area contributed by atoms with Crippen molar-refractivity contribution in [1.29, 1.82) is 0 Å². The van der Waals surface area contributed by atoms with Gasteiger partial charge in [0.15, 0.2) is 0 Å². The number of benzene rings is 2. The molecule has 12 nitrogen and oxygen atoms in total. The minimum Gasteiger partial charge on any atom is -0.457 e. The van der Waals surface area contributed by atoms with Crippen LogP contribution >= 0.6 is 11.3 Å². The van der Waals surface area contributed by atoms with Crippen molar-refractivity contribution in [3.63, 3.8) is 0 Å². The third-order valence-electron chi connectivity index (χ3n) is 7.77. The van der Waals surface area contributed by atoms with E-state index in [1.807, 2.05) is 55.5 Å². The second-order valence-electron chi connectivity index (χ2n) is 12.5. The number of pyridine rings is 1. The van der Waals surface area contributed by atoms with E-state index in [4.69, 9.17) is 9.47 Å². The van der Waals surface area contributed by atoms with E-state index in [-0.39, 0.29) is 36.5 Å². The maximum absolute atomic E-state index is 13.6. The van der Waals surface area contributed by atoms with Gasteiger partial charge >= 0.3 is 12.1 Å². The summed E-state index contributed by atoms with van der Waals surface area (Å²) in [5.74, 6) is 0.715. The number of thiophene rings is 1. The fourth-order valence-electron chi connectivity index (χ4n) is 5.79. The molecule has 13 heteroatoms. The summed E-state index contributed by atoms with van der Waals surface area (Å²) in [5.41, 5.74) is 1.92. The van der Waals surface area contributed by atoms with Crippen molar-refractivity contribution in [3.8, 4) is 11.5 Å². The highest BCUT2D eigenvalue weighted by atomic mass is 32.1. The zero-order chi connectivity index (χ0) is 33.3. The number of urea groups is 1. The van der Waals surface area contributed by atoms with Gasteiger partial charge in [-0.3, -0.25) is 14.5 Å². The number of carbonyl (C=O) groups is 4. The van der Waals surface area contributed by atoms with Gasteiger partial charge in [-0.05, 0) is 88.9 Å². The number of nitrogens with zero attached hydrogens (tertiary/aromatic N) is 2. The average Bonchev–Trinajstić information content (AvgIpc) is 3.61. The average molecular weight is 657 g/mol. The topological polar surface area (TPSA) is 151 Å². The zero-order valence-electron chi connectivity index (χ0n) is 26.5. The van der Waals surface area contributed by atoms with Crippen molar-refractivity contribution >= 4 is 62.6 Å². The Morgan fingerprint density at radius 1 is 1.00 bits per heavy atom. The molecule has 1 saturated carbocycles. The van der Waals surface area contributed by atoms with Crippen LogP contribution in [0.1, 0.15) is 55.3 Å². The first-order chi connectivity index (χ1) is 22.4. The third-order valence-corrected chi connectivity index (χ3v) is 8.86. The summed E-state index contributed by atoms with van der Waals surface area (Å²) in [7, 11) is 0. The molecule has 244 valence electrons. The second-order valence-corrected chi connectivity index (χ2v) is 13.5. The Kier molecular flexibility index (Phi) is 8.74. The Morgan fingerprint density at radius 3 is 2.47 bits per heavy atom. The Labute approximate surface area is 275 Å². The van der Waals surface area contributed by atoms with E-state index in [2.05, 4.69) is 26.3 Å². The molecule has 2 aromatic heterocycles. The van der Waals surface area contributed by atoms with Crippen LogP contribution in [0.4, 0.5) is 26.7 Å². The predicted octanol–water partition coefficient (Wildman–Crippen LogP) is 6.37. The van der Waals surface area contributed by atoms with Gasteiger partial charge in [-0.15, -0.1) is 11.3 Å². The van der Waals surface area contributed by atoms with Crippen molar-refractivity contribution in [3.05, 3.63) is 71.2 Å². The molecule has 0 saturated heterocycles. The highest BCUT2D eigenvalue weighted by Crippen LogP contribution is 2.46. The fraction of sp³-hybridized carbons (Fsp3) is 0.324. The van der Waals surface area contributed by atoms with Crippen molar-refractivity contribution in [2.24, 2.45) is 0 Å². The molecule has 0 spiro atoms. The van der Waals surface area contributed by atoms with E-state index in [9.17, 15) is 19.2 Å². The highest BCUT2D eigenvalue weighted by Gasteiger charge is 2.35. The Morgan fingerprint density at radius 2 is 1.74 bits per heavy atom. The van der Waals surface area contributed by atoms with Crippen molar-refractivity contribution in [2.45, 2.75) is 64.6 Å². The van der Waals surface area contributed by atoms with Crippen molar-refractivity contribution in [2.75, 3.05) is 16.8 Å². The lowest BCUT2D eigenvalue weighted by atomic mass is 10.1. The van der Waals surface area contributed by atoms with Crippen LogP contribution in [0.25, 0.3) is 10.2 Å². The molecule has 0 bridgehead atoms. The Hall–Kier alpha value is -5.17. The maximum atomic E-state index is 13.6. The summed E-state index contributed by atoms with van der Waals surface area (Å²) in [6, 6.07) is 16.1. The molecule has 4 aromatic rings. The van der Waals surface area contributed by atoms with Gasteiger partial charge in [0.1, 0.15) is 33.4 Å². The molecule has 1 fully saturated rings. The van der Waals surface area contributed by atoms with Crippen LogP contribution in [0.15, 0.2) is 60.8 Å². The number of anilines is 3. The number of carbonyl (C=O) groups excluding carboxylic acids is 4. The van der Waals surface area contributed by atoms with Crippen LogP contribution in [0.5, 0.6) is 11.5 Å². The highest BCUT2D eigenvalue weighted by molar-refractivity contribution is 7.21. The number of hydrogen-bond donors (Lipinski definition) is 4. The summed E-state index contributed by atoms with van der Waals surface area (Å²) < 4.78 is 11.1. The number of para-hydroxylation sites is 1. The Balaban J connectivity index is 1.13. The van der Waals surface area contributed by atoms with Crippen LogP contribution < -0.4 is 30.9 Å². The quantitative estimate of drug-likeness (QED) is 0.172. The van der Waals surface area contributed by atoms with E-state index in [1.54, 1.807) is 37.9 Å². The van der Waals surface area contributed by atoms with E-state index >= 15 is 0 Å². The lowest BCUT2D eigenvalue weighted by molar-refractivity contribution is -0.120. The largest absolute Gasteiger partial charge is 0.457 e. The van der Waals surface area contributed by atoms with Crippen molar-refractivity contribution < 1.29 is 28.7 Å². The molecule has 2 atom stereocenters. The molecule has 2 aromatic carbocycles. The lowest BCUT2D eigenvalue weighted by Gasteiger charge is -2.29. The number of ether oxygens (including phenoxy) is 2.